The number of hydrogen-bond acceptors (Lipinski definition) is 2. The lowest BCUT2D eigenvalue weighted by Crippen LogP contribution is -2.38. The topological polar surface area (TPSA) is 66.4 Å². The van der Waals surface area contributed by atoms with Gasteiger partial charge in [-0.05, 0) is 36.5 Å². The molecular formula is C17H25NO3. The van der Waals surface area contributed by atoms with Gasteiger partial charge in [0.05, 0.1) is 5.56 Å². The smallest absolute Gasteiger partial charge is 0.335 e. The minimum Gasteiger partial charge on any atom is -0.478 e. The van der Waals surface area contributed by atoms with Crippen molar-refractivity contribution in [2.24, 2.45) is 11.3 Å². The van der Waals surface area contributed by atoms with Crippen molar-refractivity contribution in [3.8, 4) is 0 Å². The van der Waals surface area contributed by atoms with Crippen LogP contribution in [-0.4, -0.2) is 23.5 Å². The second-order valence-corrected chi connectivity index (χ2v) is 6.49. The Morgan fingerprint density at radius 1 is 1.19 bits per heavy atom. The molecule has 4 nitrogen and oxygen atoms in total. The Kier molecular flexibility index (Phi) is 5.94. The van der Waals surface area contributed by atoms with Crippen molar-refractivity contribution >= 4 is 11.9 Å². The molecule has 0 saturated heterocycles. The molecule has 1 aromatic rings. The molecular weight excluding hydrogens is 266 g/mol. The van der Waals surface area contributed by atoms with Crippen molar-refractivity contribution < 1.29 is 14.7 Å². The molecule has 0 bridgehead atoms. The van der Waals surface area contributed by atoms with Crippen LogP contribution >= 0.6 is 0 Å². The highest BCUT2D eigenvalue weighted by Crippen LogP contribution is 2.25. The first-order valence-corrected chi connectivity index (χ1v) is 7.33. The SMILES string of the molecule is CC(C)CC(C)(C)C(=O)NCCc1ccc(C(=O)O)cc1. The quantitative estimate of drug-likeness (QED) is 0.811. The summed E-state index contributed by atoms with van der Waals surface area (Å²) in [6, 6.07) is 6.74. The summed E-state index contributed by atoms with van der Waals surface area (Å²) in [5.41, 5.74) is 0.934. The molecule has 0 atom stereocenters. The highest BCUT2D eigenvalue weighted by molar-refractivity contribution is 5.87. The molecule has 0 saturated carbocycles. The van der Waals surface area contributed by atoms with Crippen molar-refractivity contribution in [2.45, 2.75) is 40.5 Å². The van der Waals surface area contributed by atoms with Gasteiger partial charge in [0.1, 0.15) is 0 Å². The summed E-state index contributed by atoms with van der Waals surface area (Å²) in [6.07, 6.45) is 1.55. The van der Waals surface area contributed by atoms with Gasteiger partial charge in [0.2, 0.25) is 5.91 Å². The first-order chi connectivity index (χ1) is 9.72. The zero-order valence-electron chi connectivity index (χ0n) is 13.3. The van der Waals surface area contributed by atoms with E-state index in [1.54, 1.807) is 24.3 Å². The molecule has 21 heavy (non-hydrogen) atoms. The van der Waals surface area contributed by atoms with Crippen molar-refractivity contribution in [1.82, 2.24) is 5.32 Å². The molecule has 1 aromatic carbocycles. The molecule has 0 radical (unpaired) electrons. The van der Waals surface area contributed by atoms with Crippen molar-refractivity contribution in [3.63, 3.8) is 0 Å². The highest BCUT2D eigenvalue weighted by atomic mass is 16.4. The fourth-order valence-electron chi connectivity index (χ4n) is 2.49. The molecule has 1 rings (SSSR count). The number of carboxylic acid groups (broad SMARTS) is 1. The van der Waals surface area contributed by atoms with E-state index in [0.717, 1.165) is 12.0 Å². The Labute approximate surface area is 126 Å². The lowest BCUT2D eigenvalue weighted by atomic mass is 9.83. The van der Waals surface area contributed by atoms with Crippen LogP contribution in [0.5, 0.6) is 0 Å². The average molecular weight is 291 g/mol. The number of aromatic carboxylic acids is 1. The maximum Gasteiger partial charge on any atom is 0.335 e. The van der Waals surface area contributed by atoms with Crippen molar-refractivity contribution in [3.05, 3.63) is 35.4 Å². The zero-order valence-corrected chi connectivity index (χ0v) is 13.3. The summed E-state index contributed by atoms with van der Waals surface area (Å²) in [7, 11) is 0. The van der Waals surface area contributed by atoms with Gasteiger partial charge in [-0.15, -0.1) is 0 Å². The van der Waals surface area contributed by atoms with Crippen LogP contribution in [0.2, 0.25) is 0 Å². The van der Waals surface area contributed by atoms with Gasteiger partial charge >= 0.3 is 5.97 Å². The number of amides is 1. The Balaban J connectivity index is 2.46. The van der Waals surface area contributed by atoms with E-state index >= 15 is 0 Å². The fraction of sp³-hybridized carbons (Fsp3) is 0.529. The molecule has 2 N–H and O–H groups in total. The normalized spacial score (nSPS) is 11.5. The van der Waals surface area contributed by atoms with Crippen LogP contribution < -0.4 is 5.32 Å². The first kappa shape index (κ1) is 17.2. The summed E-state index contributed by atoms with van der Waals surface area (Å²) in [5, 5.41) is 11.8. The molecule has 0 aliphatic heterocycles. The maximum atomic E-state index is 12.1. The Bertz CT molecular complexity index is 489. The average Bonchev–Trinajstić information content (AvgIpc) is 2.37. The number of carbonyl (C=O) groups is 2. The number of benzene rings is 1. The lowest BCUT2D eigenvalue weighted by Gasteiger charge is -2.25. The molecule has 4 heteroatoms. The minimum absolute atomic E-state index is 0.0679. The van der Waals surface area contributed by atoms with Gasteiger partial charge in [-0.2, -0.15) is 0 Å². The van der Waals surface area contributed by atoms with Gasteiger partial charge in [0.15, 0.2) is 0 Å². The minimum atomic E-state index is -0.926. The van der Waals surface area contributed by atoms with E-state index in [0.29, 0.717) is 18.9 Å². The van der Waals surface area contributed by atoms with E-state index in [2.05, 4.69) is 19.2 Å². The summed E-state index contributed by atoms with van der Waals surface area (Å²) < 4.78 is 0. The van der Waals surface area contributed by atoms with Gasteiger partial charge < -0.3 is 10.4 Å². The van der Waals surface area contributed by atoms with Crippen LogP contribution in [0.15, 0.2) is 24.3 Å². The van der Waals surface area contributed by atoms with E-state index in [-0.39, 0.29) is 16.9 Å². The van der Waals surface area contributed by atoms with Gasteiger partial charge in [0, 0.05) is 12.0 Å². The van der Waals surface area contributed by atoms with Crippen LogP contribution in [0.25, 0.3) is 0 Å². The summed E-state index contributed by atoms with van der Waals surface area (Å²) >= 11 is 0. The Hall–Kier alpha value is -1.84. The van der Waals surface area contributed by atoms with Gasteiger partial charge in [-0.3, -0.25) is 4.79 Å². The van der Waals surface area contributed by atoms with E-state index in [9.17, 15) is 9.59 Å². The molecule has 116 valence electrons. The van der Waals surface area contributed by atoms with Crippen molar-refractivity contribution in [2.75, 3.05) is 6.54 Å². The first-order valence-electron chi connectivity index (χ1n) is 7.33. The maximum absolute atomic E-state index is 12.1. The molecule has 0 aliphatic carbocycles. The molecule has 0 fully saturated rings. The zero-order chi connectivity index (χ0) is 16.0. The van der Waals surface area contributed by atoms with E-state index in [1.165, 1.54) is 0 Å². The van der Waals surface area contributed by atoms with Gasteiger partial charge in [-0.25, -0.2) is 4.79 Å². The molecule has 0 aromatic heterocycles. The number of carbonyl (C=O) groups excluding carboxylic acids is 1. The van der Waals surface area contributed by atoms with Gasteiger partial charge in [-0.1, -0.05) is 39.8 Å². The number of rotatable bonds is 7. The second kappa shape index (κ2) is 7.25. The molecule has 0 spiro atoms. The summed E-state index contributed by atoms with van der Waals surface area (Å²) in [4.78, 5) is 22.9. The van der Waals surface area contributed by atoms with E-state index < -0.39 is 5.97 Å². The van der Waals surface area contributed by atoms with E-state index in [1.807, 2.05) is 13.8 Å². The monoisotopic (exact) mass is 291 g/mol. The molecule has 1 amide bonds. The second-order valence-electron chi connectivity index (χ2n) is 6.49. The number of nitrogens with one attached hydrogen (secondary N) is 1. The highest BCUT2D eigenvalue weighted by Gasteiger charge is 2.27. The molecule has 0 unspecified atom stereocenters. The van der Waals surface area contributed by atoms with E-state index in [4.69, 9.17) is 5.11 Å². The predicted octanol–water partition coefficient (Wildman–Crippen LogP) is 3.12. The largest absolute Gasteiger partial charge is 0.478 e. The summed E-state index contributed by atoms with van der Waals surface area (Å²) in [6.45, 7) is 8.71. The molecule has 0 heterocycles. The van der Waals surface area contributed by atoms with Crippen molar-refractivity contribution in [1.29, 1.82) is 0 Å². The van der Waals surface area contributed by atoms with Gasteiger partial charge in [0.25, 0.3) is 0 Å². The lowest BCUT2D eigenvalue weighted by molar-refractivity contribution is -0.130. The van der Waals surface area contributed by atoms with Crippen LogP contribution in [0, 0.1) is 11.3 Å². The number of carboxylic acids is 1. The molecule has 0 aliphatic rings. The van der Waals surface area contributed by atoms with Crippen LogP contribution in [-0.2, 0) is 11.2 Å². The number of hydrogen-bond donors (Lipinski definition) is 2. The fourth-order valence-corrected chi connectivity index (χ4v) is 2.49. The standard InChI is InChI=1S/C17H25NO3/c1-12(2)11-17(3,4)16(21)18-10-9-13-5-7-14(8-6-13)15(19)20/h5-8,12H,9-11H2,1-4H3,(H,18,21)(H,19,20). The summed E-state index contributed by atoms with van der Waals surface area (Å²) in [5.74, 6) is -0.377. The predicted molar refractivity (Wildman–Crippen MR) is 83.4 cm³/mol. The third-order valence-electron chi connectivity index (χ3n) is 3.43. The Morgan fingerprint density at radius 2 is 1.76 bits per heavy atom. The third-order valence-corrected chi connectivity index (χ3v) is 3.43. The van der Waals surface area contributed by atoms with Crippen LogP contribution in [0.4, 0.5) is 0 Å². The third kappa shape index (κ3) is 5.58. The Morgan fingerprint density at radius 3 is 2.24 bits per heavy atom. The van der Waals surface area contributed by atoms with Crippen LogP contribution in [0.1, 0.15) is 50.0 Å². The van der Waals surface area contributed by atoms with Crippen LogP contribution in [0.3, 0.4) is 0 Å².